The van der Waals surface area contributed by atoms with Crippen molar-refractivity contribution in [3.63, 3.8) is 0 Å². The van der Waals surface area contributed by atoms with Crippen molar-refractivity contribution in [2.75, 3.05) is 6.61 Å². The van der Waals surface area contributed by atoms with E-state index in [0.717, 1.165) is 46.6 Å². The largest absolute Gasteiger partial charge is 0.494 e. The van der Waals surface area contributed by atoms with Gasteiger partial charge in [-0.05, 0) is 70.7 Å². The SMILES string of the molecule is CCCCCCCOc1ccc(-c2cnc(-c3ccc(CC(NC(=O)c4ccc(C(C)(C)C)cc4)C(O)NC(C(=O)O)c4cccs4)cc3)nc2)cc1. The lowest BCUT2D eigenvalue weighted by molar-refractivity contribution is -0.140. The van der Waals surface area contributed by atoms with Gasteiger partial charge in [-0.25, -0.2) is 9.97 Å². The van der Waals surface area contributed by atoms with Crippen LogP contribution in [0.25, 0.3) is 22.5 Å². The van der Waals surface area contributed by atoms with Crippen molar-refractivity contribution in [3.05, 3.63) is 124 Å². The minimum Gasteiger partial charge on any atom is -0.494 e. The van der Waals surface area contributed by atoms with Crippen LogP contribution in [0, 0.1) is 0 Å². The number of thiophene rings is 1. The lowest BCUT2D eigenvalue weighted by Gasteiger charge is -2.28. The number of ether oxygens (including phenoxy) is 1. The van der Waals surface area contributed by atoms with Crippen molar-refractivity contribution in [1.82, 2.24) is 20.6 Å². The van der Waals surface area contributed by atoms with E-state index in [9.17, 15) is 19.8 Å². The topological polar surface area (TPSA) is 134 Å². The van der Waals surface area contributed by atoms with E-state index < -0.39 is 24.3 Å². The van der Waals surface area contributed by atoms with Crippen molar-refractivity contribution in [3.8, 4) is 28.3 Å². The summed E-state index contributed by atoms with van der Waals surface area (Å²) >= 11 is 1.28. The third kappa shape index (κ3) is 11.3. The second-order valence-electron chi connectivity index (χ2n) is 14.3. The van der Waals surface area contributed by atoms with Crippen LogP contribution in [0.3, 0.4) is 0 Å². The number of unbranched alkanes of at least 4 members (excludes halogenated alkanes) is 4. The molecular weight excluding hydrogens is 685 g/mol. The Bertz CT molecular complexity index is 1870. The smallest absolute Gasteiger partial charge is 0.326 e. The standard InChI is InChI=1S/C43H50N4O5S/c1-5-6-7-8-9-24-52-35-22-18-30(19-23-35)33-27-44-39(45-28-33)31-14-12-29(13-15-31)26-36(41(49)47-38(42(50)51)37-11-10-25-53-37)46-40(48)32-16-20-34(21-17-32)43(2,3)4/h10-23,25,27-28,36,38,41,47,49H,5-9,24,26H2,1-4H3,(H,46,48)(H,50,51). The van der Waals surface area contributed by atoms with Gasteiger partial charge in [-0.3, -0.25) is 14.9 Å². The van der Waals surface area contributed by atoms with Crippen LogP contribution >= 0.6 is 11.3 Å². The van der Waals surface area contributed by atoms with Crippen molar-refractivity contribution in [1.29, 1.82) is 0 Å². The number of hydrogen-bond acceptors (Lipinski definition) is 8. The van der Waals surface area contributed by atoms with Gasteiger partial charge in [-0.2, -0.15) is 0 Å². The van der Waals surface area contributed by atoms with Gasteiger partial charge in [0.05, 0.1) is 12.6 Å². The molecule has 0 aliphatic rings. The van der Waals surface area contributed by atoms with Crippen LogP contribution < -0.4 is 15.4 Å². The molecule has 1 amide bonds. The van der Waals surface area contributed by atoms with E-state index in [1.54, 1.807) is 42.0 Å². The van der Waals surface area contributed by atoms with Gasteiger partial charge in [0, 0.05) is 34.0 Å². The highest BCUT2D eigenvalue weighted by molar-refractivity contribution is 7.10. The molecule has 2 heterocycles. The number of aliphatic hydroxyl groups is 1. The van der Waals surface area contributed by atoms with Crippen LogP contribution in [0.1, 0.15) is 92.2 Å². The molecular formula is C43H50N4O5S. The van der Waals surface area contributed by atoms with Gasteiger partial charge in [-0.1, -0.05) is 108 Å². The molecule has 0 saturated carbocycles. The molecule has 0 aliphatic carbocycles. The summed E-state index contributed by atoms with van der Waals surface area (Å²) in [5.74, 6) is -0.0802. The summed E-state index contributed by atoms with van der Waals surface area (Å²) in [6.45, 7) is 9.25. The molecule has 4 N–H and O–H groups in total. The maximum Gasteiger partial charge on any atom is 0.326 e. The first-order valence-corrected chi connectivity index (χ1v) is 19.2. The minimum absolute atomic E-state index is 0.0702. The number of nitrogens with zero attached hydrogens (tertiary/aromatic N) is 2. The fraction of sp³-hybridized carbons (Fsp3) is 0.349. The molecule has 3 aromatic carbocycles. The molecule has 53 heavy (non-hydrogen) atoms. The number of amides is 1. The van der Waals surface area contributed by atoms with Crippen LogP contribution in [0.4, 0.5) is 0 Å². The average molecular weight is 735 g/mol. The number of carbonyl (C=O) groups excluding carboxylic acids is 1. The number of rotatable bonds is 18. The Balaban J connectivity index is 1.25. The van der Waals surface area contributed by atoms with Crippen molar-refractivity contribution < 1.29 is 24.5 Å². The molecule has 278 valence electrons. The second-order valence-corrected chi connectivity index (χ2v) is 15.3. The van der Waals surface area contributed by atoms with E-state index in [1.165, 1.54) is 37.0 Å². The first-order valence-electron chi connectivity index (χ1n) is 18.3. The van der Waals surface area contributed by atoms with Gasteiger partial charge < -0.3 is 20.3 Å². The quantitative estimate of drug-likeness (QED) is 0.0520. The first-order chi connectivity index (χ1) is 25.5. The van der Waals surface area contributed by atoms with Crippen LogP contribution in [0.15, 0.2) is 103 Å². The molecule has 5 rings (SSSR count). The zero-order valence-corrected chi connectivity index (χ0v) is 31.7. The number of aromatic nitrogens is 2. The lowest BCUT2D eigenvalue weighted by Crippen LogP contribution is -2.53. The van der Waals surface area contributed by atoms with Crippen LogP contribution in [-0.4, -0.2) is 50.9 Å². The van der Waals surface area contributed by atoms with E-state index >= 15 is 0 Å². The second kappa shape index (κ2) is 18.7. The summed E-state index contributed by atoms with van der Waals surface area (Å²) in [6, 6.07) is 24.4. The highest BCUT2D eigenvalue weighted by atomic mass is 32.1. The maximum atomic E-state index is 13.4. The minimum atomic E-state index is -1.37. The molecule has 9 nitrogen and oxygen atoms in total. The third-order valence-corrected chi connectivity index (χ3v) is 10.1. The first kappa shape index (κ1) is 39.3. The molecule has 0 radical (unpaired) electrons. The van der Waals surface area contributed by atoms with Crippen molar-refractivity contribution >= 4 is 23.2 Å². The van der Waals surface area contributed by atoms with E-state index in [-0.39, 0.29) is 17.7 Å². The van der Waals surface area contributed by atoms with E-state index in [4.69, 9.17) is 4.74 Å². The fourth-order valence-corrected chi connectivity index (χ4v) is 6.72. The van der Waals surface area contributed by atoms with Gasteiger partial charge in [0.25, 0.3) is 5.91 Å². The molecule has 0 aliphatic heterocycles. The molecule has 2 aromatic heterocycles. The average Bonchev–Trinajstić information content (AvgIpc) is 3.70. The van der Waals surface area contributed by atoms with E-state index in [2.05, 4.69) is 48.3 Å². The summed E-state index contributed by atoms with van der Waals surface area (Å²) in [5, 5.41) is 28.9. The summed E-state index contributed by atoms with van der Waals surface area (Å²) in [5.41, 5.74) is 4.99. The van der Waals surface area contributed by atoms with Gasteiger partial charge in [0.1, 0.15) is 18.0 Å². The predicted octanol–water partition coefficient (Wildman–Crippen LogP) is 8.59. The zero-order chi connectivity index (χ0) is 37.8. The zero-order valence-electron chi connectivity index (χ0n) is 30.9. The fourth-order valence-electron chi connectivity index (χ4n) is 5.94. The number of benzene rings is 3. The Kier molecular flexibility index (Phi) is 13.9. The van der Waals surface area contributed by atoms with Gasteiger partial charge >= 0.3 is 5.97 Å². The van der Waals surface area contributed by atoms with Gasteiger partial charge in [0.2, 0.25) is 0 Å². The van der Waals surface area contributed by atoms with Gasteiger partial charge in [-0.15, -0.1) is 11.3 Å². The molecule has 5 aromatic rings. The molecule has 3 atom stereocenters. The number of carbonyl (C=O) groups is 2. The Hall–Kier alpha value is -4.90. The van der Waals surface area contributed by atoms with Crippen LogP contribution in [0.5, 0.6) is 5.75 Å². The summed E-state index contributed by atoms with van der Waals surface area (Å²) in [4.78, 5) is 35.4. The molecule has 0 fully saturated rings. The van der Waals surface area contributed by atoms with Crippen LogP contribution in [0.2, 0.25) is 0 Å². The Morgan fingerprint density at radius 2 is 1.49 bits per heavy atom. The van der Waals surface area contributed by atoms with Crippen LogP contribution in [-0.2, 0) is 16.6 Å². The molecule has 0 spiro atoms. The highest BCUT2D eigenvalue weighted by Crippen LogP contribution is 2.26. The lowest BCUT2D eigenvalue weighted by atomic mass is 9.86. The molecule has 3 unspecified atom stereocenters. The number of nitrogens with one attached hydrogen (secondary N) is 2. The van der Waals surface area contributed by atoms with Gasteiger partial charge in [0.15, 0.2) is 5.82 Å². The summed E-state index contributed by atoms with van der Waals surface area (Å²) in [6.07, 6.45) is 8.47. The number of carboxylic acid groups (broad SMARTS) is 1. The Labute approximate surface area is 316 Å². The number of aliphatic carboxylic acids is 1. The summed E-state index contributed by atoms with van der Waals surface area (Å²) < 4.78 is 5.90. The maximum absolute atomic E-state index is 13.4. The molecule has 0 bridgehead atoms. The van der Waals surface area contributed by atoms with E-state index in [1.807, 2.05) is 60.7 Å². The van der Waals surface area contributed by atoms with Crippen molar-refractivity contribution in [2.45, 2.75) is 89.9 Å². The normalized spacial score (nSPS) is 13.2. The Morgan fingerprint density at radius 1 is 0.830 bits per heavy atom. The summed E-state index contributed by atoms with van der Waals surface area (Å²) in [7, 11) is 0. The number of carboxylic acids is 1. The number of aliphatic hydroxyl groups excluding tert-OH is 1. The van der Waals surface area contributed by atoms with Crippen molar-refractivity contribution in [2.24, 2.45) is 0 Å². The molecule has 0 saturated heterocycles. The van der Waals surface area contributed by atoms with E-state index in [0.29, 0.717) is 16.3 Å². The number of hydrogen-bond donors (Lipinski definition) is 4. The Morgan fingerprint density at radius 3 is 2.09 bits per heavy atom. The highest BCUT2D eigenvalue weighted by Gasteiger charge is 2.29. The molecule has 10 heteroatoms. The predicted molar refractivity (Wildman–Crippen MR) is 211 cm³/mol. The monoisotopic (exact) mass is 734 g/mol. The third-order valence-electron chi connectivity index (χ3n) is 9.15.